The van der Waals surface area contributed by atoms with Crippen molar-refractivity contribution in [3.05, 3.63) is 102 Å². The molecule has 1 amide bonds. The van der Waals surface area contributed by atoms with Gasteiger partial charge in [0.15, 0.2) is 0 Å². The van der Waals surface area contributed by atoms with Crippen LogP contribution < -0.4 is 5.32 Å². The molecule has 2 atom stereocenters. The summed E-state index contributed by atoms with van der Waals surface area (Å²) in [4.78, 5) is 25.0. The first-order valence-electron chi connectivity index (χ1n) is 14.3. The van der Waals surface area contributed by atoms with Crippen LogP contribution in [0.3, 0.4) is 0 Å². The fraction of sp³-hybridized carbons (Fsp3) is 0.273. The van der Waals surface area contributed by atoms with E-state index in [1.807, 2.05) is 79.1 Å². The minimum absolute atomic E-state index is 0.0939. The van der Waals surface area contributed by atoms with E-state index in [1.54, 1.807) is 12.1 Å². The Morgan fingerprint density at radius 2 is 1.43 bits per heavy atom. The number of benzene rings is 3. The van der Waals surface area contributed by atoms with Gasteiger partial charge in [-0.3, -0.25) is 9.59 Å². The van der Waals surface area contributed by atoms with E-state index in [9.17, 15) is 24.2 Å². The lowest BCUT2D eigenvalue weighted by Gasteiger charge is -2.20. The van der Waals surface area contributed by atoms with Crippen molar-refractivity contribution in [3.63, 3.8) is 0 Å². The maximum atomic E-state index is 14.0. The Morgan fingerprint density at radius 3 is 1.98 bits per heavy atom. The number of amides is 1. The number of nitrogens with zero attached hydrogens (tertiary/aromatic N) is 1. The molecule has 1 aromatic heterocycles. The largest absolute Gasteiger partial charge is 0.481 e. The van der Waals surface area contributed by atoms with Crippen LogP contribution in [0.25, 0.3) is 22.4 Å². The predicted molar refractivity (Wildman–Crippen MR) is 169 cm³/mol. The van der Waals surface area contributed by atoms with Crippen molar-refractivity contribution in [1.82, 2.24) is 4.57 Å². The van der Waals surface area contributed by atoms with Crippen LogP contribution in [0.5, 0.6) is 0 Å². The van der Waals surface area contributed by atoms with Crippen molar-refractivity contribution < 1.29 is 39.3 Å². The number of hydrogen-bond donors (Lipinski definition) is 6. The van der Waals surface area contributed by atoms with Gasteiger partial charge in [-0.05, 0) is 66.3 Å². The molecule has 9 nitrogen and oxygen atoms in total. The van der Waals surface area contributed by atoms with Gasteiger partial charge in [0.2, 0.25) is 0 Å². The highest BCUT2D eigenvalue weighted by molar-refractivity contribution is 6.13. The molecule has 6 N–H and O–H groups in total. The van der Waals surface area contributed by atoms with Crippen molar-refractivity contribution in [1.29, 1.82) is 0 Å². The number of carboxylic acid groups (broad SMARTS) is 1. The van der Waals surface area contributed by atoms with Gasteiger partial charge in [0.1, 0.15) is 5.82 Å². The number of carboxylic acids is 1. The van der Waals surface area contributed by atoms with Crippen LogP contribution >= 0.6 is 0 Å². The summed E-state index contributed by atoms with van der Waals surface area (Å²) >= 11 is 0. The van der Waals surface area contributed by atoms with E-state index < -0.39 is 32.3 Å². The number of nitrogens with one attached hydrogen (secondary N) is 1. The number of anilines is 1. The number of hydrogen-bond acceptors (Lipinski definition) is 6. The van der Waals surface area contributed by atoms with Gasteiger partial charge >= 0.3 is 13.7 Å². The first-order valence-corrected chi connectivity index (χ1v) is 14.3. The smallest absolute Gasteiger partial charge is 0.432 e. The van der Waals surface area contributed by atoms with Crippen LogP contribution in [0.4, 0.5) is 10.1 Å². The van der Waals surface area contributed by atoms with Gasteiger partial charge in [0.25, 0.3) is 5.91 Å². The van der Waals surface area contributed by atoms with Crippen LogP contribution in [-0.4, -0.2) is 61.7 Å². The highest BCUT2D eigenvalue weighted by atomic mass is 19.1. The van der Waals surface area contributed by atoms with Crippen LogP contribution in [0, 0.1) is 5.82 Å². The second kappa shape index (κ2) is 16.5. The zero-order valence-corrected chi connectivity index (χ0v) is 24.7. The molecule has 1 heterocycles. The summed E-state index contributed by atoms with van der Waals surface area (Å²) < 4.78 is 16.0. The molecule has 4 rings (SSSR count). The molecular formula is C33H38BFN2O7. The third-order valence-electron chi connectivity index (χ3n) is 6.93. The molecule has 0 bridgehead atoms. The molecule has 232 valence electrons. The first kappa shape index (κ1) is 34.2. The van der Waals surface area contributed by atoms with Gasteiger partial charge in [0.05, 0.1) is 29.9 Å². The van der Waals surface area contributed by atoms with E-state index in [4.69, 9.17) is 15.2 Å². The molecule has 0 saturated carbocycles. The van der Waals surface area contributed by atoms with E-state index in [0.29, 0.717) is 28.1 Å². The van der Waals surface area contributed by atoms with Gasteiger partial charge in [-0.25, -0.2) is 4.39 Å². The lowest BCUT2D eigenvalue weighted by molar-refractivity contribution is -0.139. The molecule has 0 aliphatic heterocycles. The molecule has 0 aliphatic carbocycles. The summed E-state index contributed by atoms with van der Waals surface area (Å²) in [6.07, 6.45) is -2.51. The van der Waals surface area contributed by atoms with Crippen LogP contribution in [0.2, 0.25) is 0 Å². The summed E-state index contributed by atoms with van der Waals surface area (Å²) in [6, 6.07) is 24.8. The van der Waals surface area contributed by atoms with Crippen molar-refractivity contribution in [2.24, 2.45) is 0 Å². The normalized spacial score (nSPS) is 12.2. The fourth-order valence-corrected chi connectivity index (χ4v) is 5.20. The van der Waals surface area contributed by atoms with Gasteiger partial charge in [0, 0.05) is 23.5 Å². The van der Waals surface area contributed by atoms with Gasteiger partial charge < -0.3 is 35.3 Å². The standard InChI is InChI=1S/C33H35FN2O5.BH3O2/c1-21(2)31-30(33(41)35-25-11-7-4-8-12-25)29(22-9-5-3-6-10-22)32(23-13-15-24(34)16-14-23)36(31)18-17-26(37)19-27(38)20-28(39)40;2-1-3/h3-16,21,26-27,37-38H,17-20H2,1-2H3,(H,35,41)(H,39,40);1-3H/t26-,27-;/m1./s1. The fourth-order valence-electron chi connectivity index (χ4n) is 5.20. The number of para-hydroxylation sites is 1. The molecule has 4 aromatic rings. The quantitative estimate of drug-likeness (QED) is 0.130. The van der Waals surface area contributed by atoms with Crippen molar-refractivity contribution >= 4 is 25.2 Å². The molecule has 3 aromatic carbocycles. The zero-order chi connectivity index (χ0) is 32.2. The number of rotatable bonds is 12. The Kier molecular flexibility index (Phi) is 12.9. The Hall–Kier alpha value is -4.29. The minimum Gasteiger partial charge on any atom is -0.481 e. The van der Waals surface area contributed by atoms with Crippen molar-refractivity contribution in [2.75, 3.05) is 5.32 Å². The molecule has 0 saturated heterocycles. The van der Waals surface area contributed by atoms with E-state index >= 15 is 0 Å². The number of halogens is 1. The topological polar surface area (TPSA) is 152 Å². The molecule has 11 heteroatoms. The Bertz CT molecular complexity index is 1500. The maximum absolute atomic E-state index is 14.0. The number of carbonyl (C=O) groups excluding carboxylic acids is 1. The van der Waals surface area contributed by atoms with Crippen molar-refractivity contribution in [3.8, 4) is 22.4 Å². The van der Waals surface area contributed by atoms with E-state index in [-0.39, 0.29) is 37.0 Å². The van der Waals surface area contributed by atoms with Crippen molar-refractivity contribution in [2.45, 2.75) is 57.8 Å². The predicted octanol–water partition coefficient (Wildman–Crippen LogP) is 4.55. The molecule has 0 radical (unpaired) electrons. The molecule has 0 fully saturated rings. The summed E-state index contributed by atoms with van der Waals surface area (Å²) in [6.45, 7) is 4.25. The Labute approximate surface area is 256 Å². The Morgan fingerprint density at radius 1 is 0.864 bits per heavy atom. The number of carbonyl (C=O) groups is 2. The van der Waals surface area contributed by atoms with E-state index in [0.717, 1.165) is 11.3 Å². The zero-order valence-electron chi connectivity index (χ0n) is 24.7. The number of aliphatic carboxylic acids is 1. The first-order chi connectivity index (χ1) is 21.1. The average molecular weight is 604 g/mol. The molecule has 0 spiro atoms. The van der Waals surface area contributed by atoms with Crippen LogP contribution in [0.15, 0.2) is 84.9 Å². The Balaban J connectivity index is 0.00000169. The third kappa shape index (κ3) is 9.11. The third-order valence-corrected chi connectivity index (χ3v) is 6.93. The molecule has 0 aliphatic rings. The second-order valence-corrected chi connectivity index (χ2v) is 10.6. The molecule has 0 unspecified atom stereocenters. The summed E-state index contributed by atoms with van der Waals surface area (Å²) in [5.74, 6) is -1.93. The number of aromatic nitrogens is 1. The lowest BCUT2D eigenvalue weighted by Crippen LogP contribution is -2.22. The molecular weight excluding hydrogens is 566 g/mol. The summed E-state index contributed by atoms with van der Waals surface area (Å²) in [5.41, 5.74) is 4.77. The highest BCUT2D eigenvalue weighted by Gasteiger charge is 2.31. The van der Waals surface area contributed by atoms with E-state index in [1.165, 1.54) is 12.1 Å². The lowest BCUT2D eigenvalue weighted by atomic mass is 9.94. The second-order valence-electron chi connectivity index (χ2n) is 10.6. The van der Waals surface area contributed by atoms with Gasteiger partial charge in [-0.1, -0.05) is 62.4 Å². The van der Waals surface area contributed by atoms with E-state index in [2.05, 4.69) is 5.32 Å². The van der Waals surface area contributed by atoms with Crippen LogP contribution in [-0.2, 0) is 11.3 Å². The number of aliphatic hydroxyl groups is 2. The maximum Gasteiger partial charge on any atom is 0.432 e. The average Bonchev–Trinajstić information content (AvgIpc) is 3.33. The monoisotopic (exact) mass is 604 g/mol. The summed E-state index contributed by atoms with van der Waals surface area (Å²) in [7, 11) is -0.750. The highest BCUT2D eigenvalue weighted by Crippen LogP contribution is 2.42. The van der Waals surface area contributed by atoms with Gasteiger partial charge in [-0.15, -0.1) is 0 Å². The number of aliphatic hydroxyl groups excluding tert-OH is 2. The summed E-state index contributed by atoms with van der Waals surface area (Å²) in [5, 5.41) is 47.0. The van der Waals surface area contributed by atoms with Crippen LogP contribution in [0.1, 0.15) is 55.1 Å². The molecule has 44 heavy (non-hydrogen) atoms. The SMILES string of the molecule is CC(C)c1c(C(=O)Nc2ccccc2)c(-c2ccccc2)c(-c2ccc(F)cc2)n1CC[C@@H](O)C[C@@H](O)CC(=O)O.OBO. The van der Waals surface area contributed by atoms with Gasteiger partial charge in [-0.2, -0.15) is 0 Å². The minimum atomic E-state index is -1.18.